The molecule has 1 saturated carbocycles. The highest BCUT2D eigenvalue weighted by Crippen LogP contribution is 2.38. The van der Waals surface area contributed by atoms with Crippen molar-refractivity contribution in [3.05, 3.63) is 34.7 Å². The molecule has 108 valence electrons. The minimum Gasteiger partial charge on any atom is -0.409 e. The van der Waals surface area contributed by atoms with Gasteiger partial charge in [0.1, 0.15) is 0 Å². The van der Waals surface area contributed by atoms with Crippen LogP contribution >= 0.6 is 12.2 Å². The Morgan fingerprint density at radius 3 is 2.71 bits per heavy atom. The maximum absolute atomic E-state index is 12.6. The molecule has 2 atom stereocenters. The highest BCUT2D eigenvalue weighted by molar-refractivity contribution is 7.71. The Labute approximate surface area is 127 Å². The Morgan fingerprint density at radius 1 is 1.33 bits per heavy atom. The first kappa shape index (κ1) is 12.8. The molecule has 2 heterocycles. The van der Waals surface area contributed by atoms with E-state index in [9.17, 15) is 4.79 Å². The first-order valence-corrected chi connectivity index (χ1v) is 7.58. The third kappa shape index (κ3) is 2.19. The Bertz CT molecular complexity index is 734. The molecule has 6 heteroatoms. The fourth-order valence-electron chi connectivity index (χ4n) is 3.45. The number of likely N-dealkylation sites (tertiary alicyclic amines) is 1. The topological polar surface area (TPSA) is 62.1 Å². The number of rotatable bonds is 2. The standard InChI is InChI=1S/C15H15N3O2S/c19-14(18-8-9-1-6-12(18)7-9)11-4-2-10(3-5-11)13-16-17-15(21)20-13/h2-5,9,12H,1,6-8H2,(H,17,21). The number of carbonyl (C=O) groups is 1. The number of hydrogen-bond donors (Lipinski definition) is 1. The molecule has 5 nitrogen and oxygen atoms in total. The van der Waals surface area contributed by atoms with Gasteiger partial charge in [0.2, 0.25) is 5.89 Å². The maximum Gasteiger partial charge on any atom is 0.284 e. The predicted octanol–water partition coefficient (Wildman–Crippen LogP) is 3.02. The van der Waals surface area contributed by atoms with E-state index in [1.807, 2.05) is 29.2 Å². The number of H-pyrrole nitrogens is 1. The van der Waals surface area contributed by atoms with E-state index in [1.54, 1.807) is 0 Å². The second-order valence-electron chi connectivity index (χ2n) is 5.79. The number of hydrogen-bond acceptors (Lipinski definition) is 4. The quantitative estimate of drug-likeness (QED) is 0.866. The van der Waals surface area contributed by atoms with Crippen LogP contribution < -0.4 is 0 Å². The zero-order valence-corrected chi connectivity index (χ0v) is 12.2. The molecule has 1 aliphatic heterocycles. The second-order valence-corrected chi connectivity index (χ2v) is 6.16. The molecule has 2 unspecified atom stereocenters. The average Bonchev–Trinajstić information content (AvgIpc) is 3.23. The minimum atomic E-state index is 0.136. The van der Waals surface area contributed by atoms with Crippen molar-refractivity contribution in [2.75, 3.05) is 6.54 Å². The maximum atomic E-state index is 12.6. The summed E-state index contributed by atoms with van der Waals surface area (Å²) < 4.78 is 5.26. The van der Waals surface area contributed by atoms with Crippen molar-refractivity contribution < 1.29 is 9.21 Å². The Kier molecular flexibility index (Phi) is 2.92. The number of aromatic nitrogens is 2. The lowest BCUT2D eigenvalue weighted by molar-refractivity contribution is 0.0703. The Hall–Kier alpha value is -1.95. The van der Waals surface area contributed by atoms with Gasteiger partial charge in [-0.15, -0.1) is 5.10 Å². The lowest BCUT2D eigenvalue weighted by atomic mass is 10.1. The summed E-state index contributed by atoms with van der Waals surface area (Å²) in [5.74, 6) is 1.29. The summed E-state index contributed by atoms with van der Waals surface area (Å²) in [4.78, 5) is 14.8. The van der Waals surface area contributed by atoms with Crippen LogP contribution in [0.2, 0.25) is 0 Å². The molecular formula is C15H15N3O2S. The predicted molar refractivity (Wildman–Crippen MR) is 79.3 cm³/mol. The summed E-state index contributed by atoms with van der Waals surface area (Å²) >= 11 is 4.86. The number of piperidine rings is 1. The van der Waals surface area contributed by atoms with Crippen LogP contribution in [0.5, 0.6) is 0 Å². The number of fused-ring (bicyclic) bond motifs is 2. The molecule has 2 aromatic rings. The number of nitrogens with zero attached hydrogens (tertiary/aromatic N) is 2. The number of amides is 1. The van der Waals surface area contributed by atoms with Crippen molar-refractivity contribution >= 4 is 18.1 Å². The first-order valence-electron chi connectivity index (χ1n) is 7.17. The first-order chi connectivity index (χ1) is 10.2. The van der Waals surface area contributed by atoms with Crippen LogP contribution in [0, 0.1) is 10.8 Å². The van der Waals surface area contributed by atoms with E-state index in [2.05, 4.69) is 10.2 Å². The summed E-state index contributed by atoms with van der Waals surface area (Å²) in [6, 6.07) is 7.80. The van der Waals surface area contributed by atoms with Gasteiger partial charge < -0.3 is 9.32 Å². The average molecular weight is 301 g/mol. The lowest BCUT2D eigenvalue weighted by Gasteiger charge is -2.27. The molecule has 1 aromatic heterocycles. The number of nitrogens with one attached hydrogen (secondary N) is 1. The van der Waals surface area contributed by atoms with E-state index < -0.39 is 0 Å². The van der Waals surface area contributed by atoms with Gasteiger partial charge in [-0.2, -0.15) is 0 Å². The van der Waals surface area contributed by atoms with Crippen LogP contribution in [0.15, 0.2) is 28.7 Å². The van der Waals surface area contributed by atoms with E-state index in [4.69, 9.17) is 16.6 Å². The van der Waals surface area contributed by atoms with Crippen molar-refractivity contribution in [2.45, 2.75) is 25.3 Å². The van der Waals surface area contributed by atoms with E-state index in [0.717, 1.165) is 24.1 Å². The number of carbonyl (C=O) groups excluding carboxylic acids is 1. The van der Waals surface area contributed by atoms with Gasteiger partial charge in [-0.05, 0) is 61.7 Å². The summed E-state index contributed by atoms with van der Waals surface area (Å²) in [5.41, 5.74) is 1.53. The molecular weight excluding hydrogens is 286 g/mol. The van der Waals surface area contributed by atoms with Gasteiger partial charge in [0, 0.05) is 23.7 Å². The molecule has 21 heavy (non-hydrogen) atoms. The van der Waals surface area contributed by atoms with Gasteiger partial charge in [-0.25, -0.2) is 5.10 Å². The van der Waals surface area contributed by atoms with Crippen LogP contribution in [0.1, 0.15) is 29.6 Å². The van der Waals surface area contributed by atoms with Crippen LogP contribution in [0.25, 0.3) is 11.5 Å². The van der Waals surface area contributed by atoms with Gasteiger partial charge in [-0.3, -0.25) is 4.79 Å². The van der Waals surface area contributed by atoms with E-state index in [1.165, 1.54) is 12.8 Å². The SMILES string of the molecule is O=C(c1ccc(-c2n[nH]c(=S)o2)cc1)N1CC2CCC1C2. The lowest BCUT2D eigenvalue weighted by Crippen LogP contribution is -2.37. The molecule has 2 fully saturated rings. The van der Waals surface area contributed by atoms with Gasteiger partial charge in [0.05, 0.1) is 0 Å². The monoisotopic (exact) mass is 301 g/mol. The Balaban J connectivity index is 1.56. The molecule has 1 aliphatic carbocycles. The molecule has 1 N–H and O–H groups in total. The molecule has 0 radical (unpaired) electrons. The third-order valence-corrected chi connectivity index (χ3v) is 4.66. The van der Waals surface area contributed by atoms with E-state index >= 15 is 0 Å². The van der Waals surface area contributed by atoms with Crippen molar-refractivity contribution in [3.63, 3.8) is 0 Å². The molecule has 2 bridgehead atoms. The zero-order chi connectivity index (χ0) is 14.4. The normalized spacial score (nSPS) is 23.7. The van der Waals surface area contributed by atoms with Gasteiger partial charge in [-0.1, -0.05) is 0 Å². The van der Waals surface area contributed by atoms with Crippen LogP contribution in [0.4, 0.5) is 0 Å². The minimum absolute atomic E-state index is 0.136. The highest BCUT2D eigenvalue weighted by Gasteiger charge is 2.40. The van der Waals surface area contributed by atoms with Crippen molar-refractivity contribution in [1.82, 2.24) is 15.1 Å². The number of aromatic amines is 1. The molecule has 2 aliphatic rings. The molecule has 4 rings (SSSR count). The largest absolute Gasteiger partial charge is 0.409 e. The van der Waals surface area contributed by atoms with Crippen LogP contribution in [-0.2, 0) is 0 Å². The number of benzene rings is 1. The van der Waals surface area contributed by atoms with Crippen LogP contribution in [-0.4, -0.2) is 33.6 Å². The zero-order valence-electron chi connectivity index (χ0n) is 11.4. The smallest absolute Gasteiger partial charge is 0.284 e. The van der Waals surface area contributed by atoms with Crippen molar-refractivity contribution in [3.8, 4) is 11.5 Å². The molecule has 1 amide bonds. The molecule has 1 aromatic carbocycles. The van der Waals surface area contributed by atoms with E-state index in [0.29, 0.717) is 17.9 Å². The van der Waals surface area contributed by atoms with Gasteiger partial charge in [0.25, 0.3) is 10.7 Å². The van der Waals surface area contributed by atoms with Crippen molar-refractivity contribution in [2.24, 2.45) is 5.92 Å². The fraction of sp³-hybridized carbons (Fsp3) is 0.400. The van der Waals surface area contributed by atoms with Crippen molar-refractivity contribution in [1.29, 1.82) is 0 Å². The van der Waals surface area contributed by atoms with E-state index in [-0.39, 0.29) is 10.7 Å². The summed E-state index contributed by atoms with van der Waals surface area (Å²) in [6.45, 7) is 0.916. The van der Waals surface area contributed by atoms with Crippen LogP contribution in [0.3, 0.4) is 0 Å². The highest BCUT2D eigenvalue weighted by atomic mass is 32.1. The molecule has 0 spiro atoms. The fourth-order valence-corrected chi connectivity index (χ4v) is 3.57. The van der Waals surface area contributed by atoms with Gasteiger partial charge >= 0.3 is 0 Å². The van der Waals surface area contributed by atoms with Gasteiger partial charge in [0.15, 0.2) is 0 Å². The summed E-state index contributed by atoms with van der Waals surface area (Å²) in [7, 11) is 0. The summed E-state index contributed by atoms with van der Waals surface area (Å²) in [5, 5.41) is 6.57. The summed E-state index contributed by atoms with van der Waals surface area (Å²) in [6.07, 6.45) is 3.61. The molecule has 1 saturated heterocycles. The Morgan fingerprint density at radius 2 is 2.14 bits per heavy atom. The second kappa shape index (κ2) is 4.80. The third-order valence-electron chi connectivity index (χ3n) is 4.49.